The summed E-state index contributed by atoms with van der Waals surface area (Å²) >= 11 is 3.32. The number of hydrogen-bond donors (Lipinski definition) is 2. The summed E-state index contributed by atoms with van der Waals surface area (Å²) in [4.78, 5) is 11.7. The lowest BCUT2D eigenvalue weighted by atomic mass is 10.2. The fourth-order valence-electron chi connectivity index (χ4n) is 1.77. The van der Waals surface area contributed by atoms with Crippen molar-refractivity contribution in [3.8, 4) is 17.2 Å². The Morgan fingerprint density at radius 2 is 2.00 bits per heavy atom. The highest BCUT2D eigenvalue weighted by Crippen LogP contribution is 2.26. The highest BCUT2D eigenvalue weighted by Gasteiger charge is 2.03. The molecule has 0 aliphatic heterocycles. The van der Waals surface area contributed by atoms with Crippen LogP contribution in [0.15, 0.2) is 52.0 Å². The van der Waals surface area contributed by atoms with E-state index in [1.54, 1.807) is 24.3 Å². The van der Waals surface area contributed by atoms with Crippen molar-refractivity contribution in [2.24, 2.45) is 5.10 Å². The van der Waals surface area contributed by atoms with Gasteiger partial charge in [0.05, 0.1) is 12.8 Å². The van der Waals surface area contributed by atoms with E-state index in [0.29, 0.717) is 23.7 Å². The summed E-state index contributed by atoms with van der Waals surface area (Å²) in [5.74, 6) is 0.641. The molecule has 6 nitrogen and oxygen atoms in total. The summed E-state index contributed by atoms with van der Waals surface area (Å²) in [6.45, 7) is 2.13. The van der Waals surface area contributed by atoms with Gasteiger partial charge in [-0.25, -0.2) is 5.43 Å². The highest BCUT2D eigenvalue weighted by atomic mass is 79.9. The van der Waals surface area contributed by atoms with E-state index in [4.69, 9.17) is 9.47 Å². The molecular weight excluding hydrogens is 376 g/mol. The largest absolute Gasteiger partial charge is 0.504 e. The number of hydrazone groups is 1. The van der Waals surface area contributed by atoms with Crippen molar-refractivity contribution in [1.29, 1.82) is 0 Å². The second-order valence-corrected chi connectivity index (χ2v) is 5.61. The first-order chi connectivity index (χ1) is 11.6. The fourth-order valence-corrected chi connectivity index (χ4v) is 2.04. The van der Waals surface area contributed by atoms with Crippen molar-refractivity contribution in [3.63, 3.8) is 0 Å². The van der Waals surface area contributed by atoms with E-state index in [0.717, 1.165) is 4.47 Å². The van der Waals surface area contributed by atoms with Crippen LogP contribution in [0, 0.1) is 0 Å². The average Bonchev–Trinajstić information content (AvgIpc) is 2.57. The zero-order valence-corrected chi connectivity index (χ0v) is 14.6. The number of hydrogen-bond acceptors (Lipinski definition) is 5. The molecule has 0 radical (unpaired) electrons. The minimum Gasteiger partial charge on any atom is -0.504 e. The maximum atomic E-state index is 11.7. The van der Waals surface area contributed by atoms with Crippen LogP contribution >= 0.6 is 15.9 Å². The number of amides is 1. The quantitative estimate of drug-likeness (QED) is 0.560. The standard InChI is InChI=1S/C17H17BrN2O4/c1-2-23-16-9-12(3-8-15(16)21)10-19-20-17(22)11-24-14-6-4-13(18)5-7-14/h3-10,21H,2,11H2,1H3,(H,20,22)/b19-10+. The molecule has 0 bridgehead atoms. The Kier molecular flexibility index (Phi) is 6.62. The number of aromatic hydroxyl groups is 1. The van der Waals surface area contributed by atoms with Gasteiger partial charge in [0, 0.05) is 4.47 Å². The molecule has 2 N–H and O–H groups in total. The summed E-state index contributed by atoms with van der Waals surface area (Å²) in [6, 6.07) is 12.0. The van der Waals surface area contributed by atoms with E-state index < -0.39 is 0 Å². The molecule has 126 valence electrons. The first-order valence-electron chi connectivity index (χ1n) is 7.24. The van der Waals surface area contributed by atoms with E-state index >= 15 is 0 Å². The number of carbonyl (C=O) groups is 1. The SMILES string of the molecule is CCOc1cc(/C=N/NC(=O)COc2ccc(Br)cc2)ccc1O. The molecule has 0 spiro atoms. The number of halogens is 1. The van der Waals surface area contributed by atoms with Crippen molar-refractivity contribution in [3.05, 3.63) is 52.5 Å². The Labute approximate surface area is 148 Å². The Morgan fingerprint density at radius 3 is 2.71 bits per heavy atom. The summed E-state index contributed by atoms with van der Waals surface area (Å²) in [5.41, 5.74) is 3.06. The van der Waals surface area contributed by atoms with E-state index in [-0.39, 0.29) is 18.3 Å². The molecular formula is C17H17BrN2O4. The number of ether oxygens (including phenoxy) is 2. The minimum absolute atomic E-state index is 0.0564. The van der Waals surface area contributed by atoms with Gasteiger partial charge in [-0.15, -0.1) is 0 Å². The molecule has 2 aromatic carbocycles. The number of nitrogens with one attached hydrogen (secondary N) is 1. The number of phenols is 1. The molecule has 0 aromatic heterocycles. The van der Waals surface area contributed by atoms with Gasteiger partial charge in [0.1, 0.15) is 5.75 Å². The van der Waals surface area contributed by atoms with Crippen molar-refractivity contribution >= 4 is 28.1 Å². The Balaban J connectivity index is 1.83. The lowest BCUT2D eigenvalue weighted by Crippen LogP contribution is -2.24. The molecule has 0 heterocycles. The van der Waals surface area contributed by atoms with Crippen LogP contribution in [-0.4, -0.2) is 30.4 Å². The van der Waals surface area contributed by atoms with Crippen LogP contribution in [0.5, 0.6) is 17.2 Å². The van der Waals surface area contributed by atoms with Crippen LogP contribution in [0.25, 0.3) is 0 Å². The van der Waals surface area contributed by atoms with Crippen LogP contribution in [0.2, 0.25) is 0 Å². The Bertz CT molecular complexity index is 717. The van der Waals surface area contributed by atoms with Crippen molar-refractivity contribution < 1.29 is 19.4 Å². The predicted molar refractivity (Wildman–Crippen MR) is 94.6 cm³/mol. The van der Waals surface area contributed by atoms with Gasteiger partial charge in [-0.3, -0.25) is 4.79 Å². The molecule has 0 aliphatic rings. The lowest BCUT2D eigenvalue weighted by molar-refractivity contribution is -0.123. The molecule has 2 aromatic rings. The Hall–Kier alpha value is -2.54. The van der Waals surface area contributed by atoms with Crippen LogP contribution in [0.3, 0.4) is 0 Å². The van der Waals surface area contributed by atoms with Crippen LogP contribution < -0.4 is 14.9 Å². The molecule has 2 rings (SSSR count). The smallest absolute Gasteiger partial charge is 0.277 e. The van der Waals surface area contributed by atoms with Gasteiger partial charge in [-0.2, -0.15) is 5.10 Å². The van der Waals surface area contributed by atoms with Crippen molar-refractivity contribution in [2.75, 3.05) is 13.2 Å². The van der Waals surface area contributed by atoms with Gasteiger partial charge >= 0.3 is 0 Å². The van der Waals surface area contributed by atoms with Gasteiger partial charge in [-0.1, -0.05) is 15.9 Å². The van der Waals surface area contributed by atoms with Gasteiger partial charge in [-0.05, 0) is 55.0 Å². The van der Waals surface area contributed by atoms with Gasteiger partial charge < -0.3 is 14.6 Å². The number of nitrogens with zero attached hydrogens (tertiary/aromatic N) is 1. The molecule has 0 fully saturated rings. The fraction of sp³-hybridized carbons (Fsp3) is 0.176. The highest BCUT2D eigenvalue weighted by molar-refractivity contribution is 9.10. The normalized spacial score (nSPS) is 10.6. The van der Waals surface area contributed by atoms with E-state index in [1.165, 1.54) is 12.3 Å². The van der Waals surface area contributed by atoms with Crippen LogP contribution in [-0.2, 0) is 4.79 Å². The topological polar surface area (TPSA) is 80.2 Å². The first-order valence-corrected chi connectivity index (χ1v) is 8.04. The minimum atomic E-state index is -0.377. The predicted octanol–water partition coefficient (Wildman–Crippen LogP) is 3.08. The summed E-state index contributed by atoms with van der Waals surface area (Å²) in [5, 5.41) is 13.5. The molecule has 0 saturated heterocycles. The molecule has 0 atom stereocenters. The number of benzene rings is 2. The lowest BCUT2D eigenvalue weighted by Gasteiger charge is -2.06. The third-order valence-corrected chi connectivity index (χ3v) is 3.40. The van der Waals surface area contributed by atoms with Gasteiger partial charge in [0.25, 0.3) is 5.91 Å². The molecule has 1 amide bonds. The van der Waals surface area contributed by atoms with Crippen LogP contribution in [0.1, 0.15) is 12.5 Å². The molecule has 7 heteroatoms. The maximum absolute atomic E-state index is 11.7. The van der Waals surface area contributed by atoms with E-state index in [2.05, 4.69) is 26.5 Å². The first kappa shape index (κ1) is 17.8. The van der Waals surface area contributed by atoms with Crippen molar-refractivity contribution in [1.82, 2.24) is 5.43 Å². The van der Waals surface area contributed by atoms with Gasteiger partial charge in [0.15, 0.2) is 18.1 Å². The number of carbonyl (C=O) groups excluding carboxylic acids is 1. The second-order valence-electron chi connectivity index (χ2n) is 4.70. The summed E-state index contributed by atoms with van der Waals surface area (Å²) in [7, 11) is 0. The third-order valence-electron chi connectivity index (χ3n) is 2.87. The van der Waals surface area contributed by atoms with E-state index in [1.807, 2.05) is 19.1 Å². The van der Waals surface area contributed by atoms with Crippen LogP contribution in [0.4, 0.5) is 0 Å². The summed E-state index contributed by atoms with van der Waals surface area (Å²) in [6.07, 6.45) is 1.46. The average molecular weight is 393 g/mol. The van der Waals surface area contributed by atoms with Crippen molar-refractivity contribution in [2.45, 2.75) is 6.92 Å². The molecule has 24 heavy (non-hydrogen) atoms. The zero-order valence-electron chi connectivity index (χ0n) is 13.0. The van der Waals surface area contributed by atoms with Gasteiger partial charge in [0.2, 0.25) is 0 Å². The molecule has 0 unspecified atom stereocenters. The second kappa shape index (κ2) is 8.93. The maximum Gasteiger partial charge on any atom is 0.277 e. The number of phenolic OH excluding ortho intramolecular Hbond substituents is 1. The number of rotatable bonds is 7. The third kappa shape index (κ3) is 5.58. The molecule has 0 aliphatic carbocycles. The Morgan fingerprint density at radius 1 is 1.25 bits per heavy atom. The monoisotopic (exact) mass is 392 g/mol. The van der Waals surface area contributed by atoms with E-state index in [9.17, 15) is 9.90 Å². The molecule has 0 saturated carbocycles. The zero-order chi connectivity index (χ0) is 17.4. The summed E-state index contributed by atoms with van der Waals surface area (Å²) < 4.78 is 11.5.